The minimum absolute atomic E-state index is 0.116. The number of benzene rings is 1. The number of morpholine rings is 1. The molecule has 3 amide bonds. The normalized spacial score (nSPS) is 20.1. The Morgan fingerprint density at radius 1 is 1.22 bits per heavy atom. The van der Waals surface area contributed by atoms with E-state index in [2.05, 4.69) is 22.5 Å². The average molecular weight is 441 g/mol. The van der Waals surface area contributed by atoms with Crippen LogP contribution >= 0.6 is 0 Å². The average Bonchev–Trinajstić information content (AvgIpc) is 3.11. The minimum atomic E-state index is -0.973. The van der Waals surface area contributed by atoms with Crippen LogP contribution in [0, 0.1) is 0 Å². The van der Waals surface area contributed by atoms with Gasteiger partial charge in [0.2, 0.25) is 0 Å². The van der Waals surface area contributed by atoms with Gasteiger partial charge in [-0.3, -0.25) is 4.90 Å². The highest BCUT2D eigenvalue weighted by Gasteiger charge is 2.37. The van der Waals surface area contributed by atoms with E-state index in [0.717, 1.165) is 22.6 Å². The van der Waals surface area contributed by atoms with Gasteiger partial charge in [0.25, 0.3) is 0 Å². The maximum Gasteiger partial charge on any atom is 0.408 e. The van der Waals surface area contributed by atoms with Crippen molar-refractivity contribution >= 4 is 23.6 Å². The van der Waals surface area contributed by atoms with Gasteiger partial charge < -0.3 is 25.4 Å². The summed E-state index contributed by atoms with van der Waals surface area (Å²) >= 11 is 0. The van der Waals surface area contributed by atoms with Gasteiger partial charge in [0.05, 0.1) is 37.5 Å². The van der Waals surface area contributed by atoms with Crippen LogP contribution in [-0.2, 0) is 11.3 Å². The second-order valence-electron chi connectivity index (χ2n) is 8.00. The molecule has 1 aromatic heterocycles. The number of carbonyl (C=O) groups excluding carboxylic acids is 1. The number of anilines is 2. The number of urea groups is 1. The van der Waals surface area contributed by atoms with E-state index >= 15 is 0 Å². The van der Waals surface area contributed by atoms with Gasteiger partial charge in [-0.15, -0.1) is 0 Å². The molecule has 3 heterocycles. The first-order valence-corrected chi connectivity index (χ1v) is 10.8. The number of hydrogen-bond donors (Lipinski definition) is 3. The number of rotatable bonds is 4. The molecule has 10 nitrogen and oxygen atoms in total. The van der Waals surface area contributed by atoms with E-state index in [0.29, 0.717) is 37.8 Å². The van der Waals surface area contributed by atoms with Crippen LogP contribution in [0.15, 0.2) is 24.3 Å². The predicted molar refractivity (Wildman–Crippen MR) is 120 cm³/mol. The molecule has 3 N–H and O–H groups in total. The van der Waals surface area contributed by atoms with Gasteiger partial charge >= 0.3 is 12.1 Å². The molecule has 0 bridgehead atoms. The molecule has 32 heavy (non-hydrogen) atoms. The molecule has 2 aromatic rings. The molecule has 2 aliphatic heterocycles. The topological polar surface area (TPSA) is 120 Å². The maximum atomic E-state index is 11.8. The lowest BCUT2D eigenvalue weighted by atomic mass is 10.1. The summed E-state index contributed by atoms with van der Waals surface area (Å²) in [5.41, 5.74) is 3.04. The van der Waals surface area contributed by atoms with Crippen LogP contribution in [0.4, 0.5) is 21.1 Å². The number of carbonyl (C=O) groups is 2. The number of ether oxygens (including phenoxy) is 1. The fourth-order valence-electron chi connectivity index (χ4n) is 4.17. The Morgan fingerprint density at radius 3 is 2.62 bits per heavy atom. The van der Waals surface area contributed by atoms with Crippen molar-refractivity contribution < 1.29 is 19.4 Å². The van der Waals surface area contributed by atoms with Gasteiger partial charge in [-0.05, 0) is 45.0 Å². The van der Waals surface area contributed by atoms with Crippen molar-refractivity contribution in [3.05, 3.63) is 35.5 Å². The Hall–Kier alpha value is -3.40. The number of nitrogens with zero attached hydrogens (tertiary/aromatic N) is 4. The van der Waals surface area contributed by atoms with Gasteiger partial charge in [-0.1, -0.05) is 0 Å². The number of carboxylic acid groups (broad SMARTS) is 1. The van der Waals surface area contributed by atoms with Crippen LogP contribution in [-0.4, -0.2) is 64.4 Å². The largest absolute Gasteiger partial charge is 0.465 e. The summed E-state index contributed by atoms with van der Waals surface area (Å²) in [7, 11) is 0. The van der Waals surface area contributed by atoms with E-state index in [4.69, 9.17) is 14.7 Å². The summed E-state index contributed by atoms with van der Waals surface area (Å²) in [5, 5.41) is 15.1. The third kappa shape index (κ3) is 4.18. The summed E-state index contributed by atoms with van der Waals surface area (Å²) in [5.74, 6) is 1.29. The van der Waals surface area contributed by atoms with Crippen molar-refractivity contribution in [2.45, 2.75) is 39.4 Å². The molecular formula is C22H28N6O4. The van der Waals surface area contributed by atoms with Crippen molar-refractivity contribution in [1.29, 1.82) is 0 Å². The molecule has 0 aliphatic carbocycles. The van der Waals surface area contributed by atoms with Crippen LogP contribution < -0.4 is 15.5 Å². The van der Waals surface area contributed by atoms with Crippen molar-refractivity contribution in [3.63, 3.8) is 0 Å². The molecule has 0 spiro atoms. The maximum absolute atomic E-state index is 11.8. The summed E-state index contributed by atoms with van der Waals surface area (Å²) in [6, 6.07) is 6.82. The zero-order valence-electron chi connectivity index (χ0n) is 18.5. The van der Waals surface area contributed by atoms with Crippen molar-refractivity contribution in [3.8, 4) is 11.4 Å². The first-order valence-electron chi connectivity index (χ1n) is 10.8. The van der Waals surface area contributed by atoms with Crippen molar-refractivity contribution in [2.75, 3.05) is 36.5 Å². The Bertz CT molecular complexity index is 1010. The number of aromatic nitrogens is 2. The third-order valence-corrected chi connectivity index (χ3v) is 5.83. The zero-order valence-corrected chi connectivity index (χ0v) is 18.5. The quantitative estimate of drug-likeness (QED) is 0.668. The Balaban J connectivity index is 1.71. The molecule has 4 rings (SSSR count). The highest BCUT2D eigenvalue weighted by Crippen LogP contribution is 2.40. The van der Waals surface area contributed by atoms with E-state index in [1.807, 2.05) is 26.0 Å². The predicted octanol–water partition coefficient (Wildman–Crippen LogP) is 3.06. The SMILES string of the molecule is CCNC(=O)Nc1ccc(-c2nc3c(c(N4CCOCC4C)n2)[C@H](C)N(C(=O)O)C3)cc1. The summed E-state index contributed by atoms with van der Waals surface area (Å²) in [4.78, 5) is 36.7. The van der Waals surface area contributed by atoms with Gasteiger partial charge in [-0.2, -0.15) is 0 Å². The van der Waals surface area contributed by atoms with E-state index in [9.17, 15) is 14.7 Å². The second kappa shape index (κ2) is 8.99. The number of fused-ring (bicyclic) bond motifs is 1. The van der Waals surface area contributed by atoms with Crippen LogP contribution in [0.25, 0.3) is 11.4 Å². The highest BCUT2D eigenvalue weighted by atomic mass is 16.5. The number of amides is 3. The van der Waals surface area contributed by atoms with E-state index in [1.165, 1.54) is 4.90 Å². The fraction of sp³-hybridized carbons (Fsp3) is 0.455. The van der Waals surface area contributed by atoms with Crippen molar-refractivity contribution in [1.82, 2.24) is 20.2 Å². The van der Waals surface area contributed by atoms with E-state index in [1.54, 1.807) is 12.1 Å². The monoisotopic (exact) mass is 440 g/mol. The van der Waals surface area contributed by atoms with Crippen molar-refractivity contribution in [2.24, 2.45) is 0 Å². The summed E-state index contributed by atoms with van der Waals surface area (Å²) in [6.45, 7) is 8.43. The second-order valence-corrected chi connectivity index (χ2v) is 8.00. The molecule has 170 valence electrons. The lowest BCUT2D eigenvalue weighted by molar-refractivity contribution is 0.0982. The van der Waals surface area contributed by atoms with Gasteiger partial charge in [-0.25, -0.2) is 19.6 Å². The van der Waals surface area contributed by atoms with Crippen LogP contribution in [0.5, 0.6) is 0 Å². The summed E-state index contributed by atoms with van der Waals surface area (Å²) < 4.78 is 5.59. The molecule has 1 fully saturated rings. The van der Waals surface area contributed by atoms with Crippen LogP contribution in [0.3, 0.4) is 0 Å². The molecule has 1 aromatic carbocycles. The Labute approximate surface area is 186 Å². The third-order valence-electron chi connectivity index (χ3n) is 5.83. The van der Waals surface area contributed by atoms with Gasteiger partial charge in [0.15, 0.2) is 5.82 Å². The fourth-order valence-corrected chi connectivity index (χ4v) is 4.17. The number of hydrogen-bond acceptors (Lipinski definition) is 6. The molecule has 0 saturated carbocycles. The standard InChI is InChI=1S/C22H28N6O4/c1-4-23-21(29)24-16-7-5-15(6-8-16)19-25-17-11-28(22(30)31)14(3)18(17)20(26-19)27-9-10-32-12-13(27)2/h5-8,13-14H,4,9-12H2,1-3H3,(H,30,31)(H2,23,24,29)/t13?,14-/m0/s1. The first-order chi connectivity index (χ1) is 15.4. The molecule has 2 atom stereocenters. The molecule has 2 aliphatic rings. The van der Waals surface area contributed by atoms with E-state index in [-0.39, 0.29) is 24.7 Å². The lowest BCUT2D eigenvalue weighted by Crippen LogP contribution is -2.45. The summed E-state index contributed by atoms with van der Waals surface area (Å²) in [6.07, 6.45) is -0.973. The molecule has 10 heteroatoms. The molecule has 1 saturated heterocycles. The molecular weight excluding hydrogens is 412 g/mol. The minimum Gasteiger partial charge on any atom is -0.465 e. The Kier molecular flexibility index (Phi) is 6.13. The molecule has 1 unspecified atom stereocenters. The van der Waals surface area contributed by atoms with E-state index < -0.39 is 6.09 Å². The van der Waals surface area contributed by atoms with Gasteiger partial charge in [0.1, 0.15) is 5.82 Å². The lowest BCUT2D eigenvalue weighted by Gasteiger charge is -2.36. The smallest absolute Gasteiger partial charge is 0.408 e. The number of nitrogens with one attached hydrogen (secondary N) is 2. The highest BCUT2D eigenvalue weighted by molar-refractivity contribution is 5.89. The Morgan fingerprint density at radius 2 is 1.97 bits per heavy atom. The van der Waals surface area contributed by atoms with Crippen LogP contribution in [0.2, 0.25) is 0 Å². The van der Waals surface area contributed by atoms with Crippen LogP contribution in [0.1, 0.15) is 38.1 Å². The molecule has 0 radical (unpaired) electrons. The van der Waals surface area contributed by atoms with Gasteiger partial charge in [0, 0.05) is 29.9 Å². The zero-order chi connectivity index (χ0) is 22.8. The first kappa shape index (κ1) is 21.8.